The summed E-state index contributed by atoms with van der Waals surface area (Å²) in [5.74, 6) is -0.671. The molecule has 2 N–H and O–H groups in total. The SMILES string of the molecule is O=C(NC(=S)Nc1cccc(C(F)(F)F)c1)c1c(Cl)cccc1Cl. The first-order valence-electron chi connectivity index (χ1n) is 6.42. The van der Waals surface area contributed by atoms with E-state index < -0.39 is 17.6 Å². The number of nitrogens with one attached hydrogen (secondary N) is 2. The van der Waals surface area contributed by atoms with E-state index >= 15 is 0 Å². The Morgan fingerprint density at radius 2 is 1.62 bits per heavy atom. The predicted octanol–water partition coefficient (Wildman–Crippen LogP) is 5.14. The van der Waals surface area contributed by atoms with Crippen LogP contribution in [-0.2, 0) is 6.18 Å². The molecule has 0 aliphatic heterocycles. The molecule has 0 aliphatic rings. The van der Waals surface area contributed by atoms with Crippen LogP contribution in [0.2, 0.25) is 10.0 Å². The van der Waals surface area contributed by atoms with Crippen LogP contribution in [0.5, 0.6) is 0 Å². The third kappa shape index (κ3) is 4.59. The summed E-state index contributed by atoms with van der Waals surface area (Å²) >= 11 is 16.7. The average molecular weight is 393 g/mol. The van der Waals surface area contributed by atoms with Crippen molar-refractivity contribution < 1.29 is 18.0 Å². The van der Waals surface area contributed by atoms with E-state index in [0.717, 1.165) is 12.1 Å². The van der Waals surface area contributed by atoms with Gasteiger partial charge in [-0.05, 0) is 42.5 Å². The largest absolute Gasteiger partial charge is 0.416 e. The number of carbonyl (C=O) groups excluding carboxylic acids is 1. The molecule has 1 amide bonds. The smallest absolute Gasteiger partial charge is 0.332 e. The van der Waals surface area contributed by atoms with Crippen LogP contribution in [0.25, 0.3) is 0 Å². The second kappa shape index (κ2) is 7.38. The molecule has 0 saturated carbocycles. The normalized spacial score (nSPS) is 11.0. The van der Waals surface area contributed by atoms with Gasteiger partial charge in [0.25, 0.3) is 5.91 Å². The van der Waals surface area contributed by atoms with Crippen LogP contribution in [0, 0.1) is 0 Å². The first-order valence-corrected chi connectivity index (χ1v) is 7.58. The molecule has 0 aromatic heterocycles. The Morgan fingerprint density at radius 3 is 2.21 bits per heavy atom. The quantitative estimate of drug-likeness (QED) is 0.695. The zero-order valence-electron chi connectivity index (χ0n) is 11.7. The van der Waals surface area contributed by atoms with Crippen LogP contribution in [-0.4, -0.2) is 11.0 Å². The van der Waals surface area contributed by atoms with Crippen molar-refractivity contribution in [2.75, 3.05) is 5.32 Å². The summed E-state index contributed by atoms with van der Waals surface area (Å²) in [6, 6.07) is 8.94. The van der Waals surface area contributed by atoms with Gasteiger partial charge < -0.3 is 5.32 Å². The van der Waals surface area contributed by atoms with Crippen molar-refractivity contribution in [1.29, 1.82) is 0 Å². The third-order valence-corrected chi connectivity index (χ3v) is 3.70. The molecular weight excluding hydrogens is 384 g/mol. The van der Waals surface area contributed by atoms with Crippen LogP contribution < -0.4 is 10.6 Å². The van der Waals surface area contributed by atoms with Gasteiger partial charge in [0.05, 0.1) is 21.2 Å². The van der Waals surface area contributed by atoms with Gasteiger partial charge in [-0.1, -0.05) is 35.3 Å². The van der Waals surface area contributed by atoms with Gasteiger partial charge in [0.2, 0.25) is 0 Å². The Labute approximate surface area is 150 Å². The molecule has 2 aromatic carbocycles. The van der Waals surface area contributed by atoms with E-state index in [1.54, 1.807) is 6.07 Å². The van der Waals surface area contributed by atoms with Gasteiger partial charge in [0.1, 0.15) is 0 Å². The van der Waals surface area contributed by atoms with Crippen molar-refractivity contribution in [1.82, 2.24) is 5.32 Å². The second-order valence-corrected chi connectivity index (χ2v) is 5.81. The maximum atomic E-state index is 12.7. The number of hydrogen-bond donors (Lipinski definition) is 2. The highest BCUT2D eigenvalue weighted by molar-refractivity contribution is 7.80. The Bertz CT molecular complexity index is 776. The van der Waals surface area contributed by atoms with Crippen LogP contribution in [0.3, 0.4) is 0 Å². The van der Waals surface area contributed by atoms with Crippen molar-refractivity contribution in [3.63, 3.8) is 0 Å². The summed E-state index contributed by atoms with van der Waals surface area (Å²) in [5, 5.41) is 4.89. The van der Waals surface area contributed by atoms with Gasteiger partial charge in [-0.2, -0.15) is 13.2 Å². The molecule has 126 valence electrons. The number of rotatable bonds is 2. The van der Waals surface area contributed by atoms with Crippen LogP contribution in [0.1, 0.15) is 15.9 Å². The Kier molecular flexibility index (Phi) is 5.69. The minimum Gasteiger partial charge on any atom is -0.332 e. The highest BCUT2D eigenvalue weighted by Gasteiger charge is 2.30. The van der Waals surface area contributed by atoms with Crippen molar-refractivity contribution >= 4 is 52.1 Å². The maximum Gasteiger partial charge on any atom is 0.416 e. The second-order valence-electron chi connectivity index (χ2n) is 4.58. The van der Waals surface area contributed by atoms with Crippen LogP contribution in [0.4, 0.5) is 18.9 Å². The van der Waals surface area contributed by atoms with Gasteiger partial charge in [0.15, 0.2) is 5.11 Å². The monoisotopic (exact) mass is 392 g/mol. The highest BCUT2D eigenvalue weighted by Crippen LogP contribution is 2.30. The number of benzene rings is 2. The minimum atomic E-state index is -4.48. The Morgan fingerprint density at radius 1 is 1.04 bits per heavy atom. The summed E-state index contributed by atoms with van der Waals surface area (Å²) in [6.07, 6.45) is -4.48. The number of hydrogen-bond acceptors (Lipinski definition) is 2. The zero-order valence-corrected chi connectivity index (χ0v) is 14.1. The number of anilines is 1. The first-order chi connectivity index (χ1) is 11.2. The molecule has 2 aromatic rings. The highest BCUT2D eigenvalue weighted by atomic mass is 35.5. The lowest BCUT2D eigenvalue weighted by Crippen LogP contribution is -2.34. The lowest BCUT2D eigenvalue weighted by molar-refractivity contribution is -0.137. The summed E-state index contributed by atoms with van der Waals surface area (Å²) in [6.45, 7) is 0. The molecule has 9 heteroatoms. The predicted molar refractivity (Wildman–Crippen MR) is 91.6 cm³/mol. The molecule has 0 spiro atoms. The molecule has 0 fully saturated rings. The fourth-order valence-corrected chi connectivity index (χ4v) is 2.60. The number of halogens is 5. The number of alkyl halides is 3. The lowest BCUT2D eigenvalue weighted by atomic mass is 10.2. The Balaban J connectivity index is 2.10. The molecule has 3 nitrogen and oxygen atoms in total. The summed E-state index contributed by atoms with van der Waals surface area (Å²) in [4.78, 5) is 12.1. The molecule has 0 aliphatic carbocycles. The van der Waals surface area contributed by atoms with Crippen LogP contribution in [0.15, 0.2) is 42.5 Å². The first kappa shape index (κ1) is 18.5. The number of amides is 1. The van der Waals surface area contributed by atoms with Gasteiger partial charge in [-0.15, -0.1) is 0 Å². The topological polar surface area (TPSA) is 41.1 Å². The molecule has 0 saturated heterocycles. The minimum absolute atomic E-state index is 0.0222. The molecule has 0 atom stereocenters. The van der Waals surface area contributed by atoms with E-state index in [-0.39, 0.29) is 26.4 Å². The third-order valence-electron chi connectivity index (χ3n) is 2.86. The Hall–Kier alpha value is -1.83. The standard InChI is InChI=1S/C15H9Cl2F3N2OS/c16-10-5-2-6-11(17)12(10)13(23)22-14(24)21-9-4-1-3-8(7-9)15(18,19)20/h1-7H,(H2,21,22,23,24). The molecule has 24 heavy (non-hydrogen) atoms. The molecular formula is C15H9Cl2F3N2OS. The van der Waals surface area contributed by atoms with Crippen molar-refractivity contribution in [2.24, 2.45) is 0 Å². The molecule has 0 radical (unpaired) electrons. The molecule has 0 bridgehead atoms. The van der Waals surface area contributed by atoms with E-state index in [1.807, 2.05) is 0 Å². The van der Waals surface area contributed by atoms with Crippen molar-refractivity contribution in [3.05, 3.63) is 63.6 Å². The lowest BCUT2D eigenvalue weighted by Gasteiger charge is -2.13. The molecule has 2 rings (SSSR count). The number of thiocarbonyl (C=S) groups is 1. The fraction of sp³-hybridized carbons (Fsp3) is 0.0667. The molecule has 0 unspecified atom stereocenters. The van der Waals surface area contributed by atoms with E-state index in [4.69, 9.17) is 35.4 Å². The van der Waals surface area contributed by atoms with Crippen molar-refractivity contribution in [3.8, 4) is 0 Å². The van der Waals surface area contributed by atoms with Crippen molar-refractivity contribution in [2.45, 2.75) is 6.18 Å². The van der Waals surface area contributed by atoms with E-state index in [1.165, 1.54) is 24.3 Å². The van der Waals surface area contributed by atoms with E-state index in [9.17, 15) is 18.0 Å². The number of carbonyl (C=O) groups is 1. The zero-order chi connectivity index (χ0) is 17.9. The van der Waals surface area contributed by atoms with Gasteiger partial charge in [-0.3, -0.25) is 10.1 Å². The van der Waals surface area contributed by atoms with Gasteiger partial charge >= 0.3 is 6.18 Å². The van der Waals surface area contributed by atoms with E-state index in [2.05, 4.69) is 10.6 Å². The van der Waals surface area contributed by atoms with E-state index in [0.29, 0.717) is 0 Å². The molecule has 0 heterocycles. The summed E-state index contributed by atoms with van der Waals surface area (Å²) in [7, 11) is 0. The van der Waals surface area contributed by atoms with Gasteiger partial charge in [0, 0.05) is 5.69 Å². The van der Waals surface area contributed by atoms with Crippen LogP contribution >= 0.6 is 35.4 Å². The summed E-state index contributed by atoms with van der Waals surface area (Å²) in [5.41, 5.74) is -0.731. The average Bonchev–Trinajstić information content (AvgIpc) is 2.46. The van der Waals surface area contributed by atoms with Gasteiger partial charge in [-0.25, -0.2) is 0 Å². The summed E-state index contributed by atoms with van der Waals surface area (Å²) < 4.78 is 38.0. The fourth-order valence-electron chi connectivity index (χ4n) is 1.82. The maximum absolute atomic E-state index is 12.7.